The van der Waals surface area contributed by atoms with Crippen LogP contribution in [0.2, 0.25) is 0 Å². The van der Waals surface area contributed by atoms with Gasteiger partial charge in [-0.25, -0.2) is 0 Å². The molecule has 3 heteroatoms. The fourth-order valence-corrected chi connectivity index (χ4v) is 2.95. The second-order valence-corrected chi connectivity index (χ2v) is 6.19. The van der Waals surface area contributed by atoms with Crippen LogP contribution in [0.15, 0.2) is 47.8 Å². The third-order valence-electron chi connectivity index (χ3n) is 3.32. The second kappa shape index (κ2) is 8.90. The summed E-state index contributed by atoms with van der Waals surface area (Å²) in [5, 5.41) is 5.67. The van der Waals surface area contributed by atoms with Gasteiger partial charge in [-0.3, -0.25) is 0 Å². The number of thiophene rings is 1. The van der Waals surface area contributed by atoms with E-state index in [1.165, 1.54) is 16.9 Å². The van der Waals surface area contributed by atoms with Gasteiger partial charge < -0.3 is 10.2 Å². The molecule has 0 radical (unpaired) electrons. The molecule has 108 valence electrons. The van der Waals surface area contributed by atoms with Gasteiger partial charge in [0.05, 0.1) is 0 Å². The number of nitrogens with one attached hydrogen (secondary N) is 1. The van der Waals surface area contributed by atoms with Gasteiger partial charge in [-0.2, -0.15) is 0 Å². The molecule has 1 aromatic carbocycles. The van der Waals surface area contributed by atoms with Crippen molar-refractivity contribution < 1.29 is 0 Å². The van der Waals surface area contributed by atoms with Crippen LogP contribution in [0.3, 0.4) is 0 Å². The topological polar surface area (TPSA) is 15.3 Å². The average Bonchev–Trinajstić information content (AvgIpc) is 2.97. The summed E-state index contributed by atoms with van der Waals surface area (Å²) >= 11 is 1.84. The summed E-state index contributed by atoms with van der Waals surface area (Å²) in [7, 11) is 2.19. The van der Waals surface area contributed by atoms with Crippen LogP contribution < -0.4 is 5.32 Å². The van der Waals surface area contributed by atoms with Crippen molar-refractivity contribution in [3.8, 4) is 0 Å². The largest absolute Gasteiger partial charge is 0.316 e. The van der Waals surface area contributed by atoms with E-state index in [4.69, 9.17) is 0 Å². The van der Waals surface area contributed by atoms with E-state index >= 15 is 0 Å². The predicted octanol–water partition coefficient (Wildman–Crippen LogP) is 3.40. The first-order chi connectivity index (χ1) is 9.84. The summed E-state index contributed by atoms with van der Waals surface area (Å²) < 4.78 is 0. The number of benzene rings is 1. The van der Waals surface area contributed by atoms with Crippen LogP contribution in [0.4, 0.5) is 0 Å². The first-order valence-corrected chi connectivity index (χ1v) is 8.18. The van der Waals surface area contributed by atoms with Crippen molar-refractivity contribution in [1.29, 1.82) is 0 Å². The molecular weight excluding hydrogens is 264 g/mol. The van der Waals surface area contributed by atoms with Gasteiger partial charge in [0, 0.05) is 11.4 Å². The summed E-state index contributed by atoms with van der Waals surface area (Å²) in [6.45, 7) is 4.37. The van der Waals surface area contributed by atoms with Crippen molar-refractivity contribution in [1.82, 2.24) is 10.2 Å². The summed E-state index contributed by atoms with van der Waals surface area (Å²) in [5.74, 6) is 0. The maximum atomic E-state index is 3.52. The zero-order valence-corrected chi connectivity index (χ0v) is 13.0. The van der Waals surface area contributed by atoms with E-state index < -0.39 is 0 Å². The van der Waals surface area contributed by atoms with Crippen molar-refractivity contribution in [3.05, 3.63) is 58.3 Å². The maximum Gasteiger partial charge on any atom is 0.0230 e. The summed E-state index contributed by atoms with van der Waals surface area (Å²) in [6, 6.07) is 15.0. The van der Waals surface area contributed by atoms with Crippen molar-refractivity contribution >= 4 is 11.3 Å². The molecule has 0 aliphatic carbocycles. The van der Waals surface area contributed by atoms with Crippen molar-refractivity contribution in [2.75, 3.05) is 26.7 Å². The molecule has 0 atom stereocenters. The van der Waals surface area contributed by atoms with Gasteiger partial charge in [-0.05, 0) is 56.5 Å². The average molecular weight is 288 g/mol. The van der Waals surface area contributed by atoms with E-state index in [0.29, 0.717) is 0 Å². The van der Waals surface area contributed by atoms with E-state index in [1.54, 1.807) is 0 Å². The van der Waals surface area contributed by atoms with E-state index in [9.17, 15) is 0 Å². The Labute approximate surface area is 126 Å². The van der Waals surface area contributed by atoms with Crippen LogP contribution in [0.5, 0.6) is 0 Å². The molecule has 0 amide bonds. The van der Waals surface area contributed by atoms with Crippen LogP contribution in [0.1, 0.15) is 16.9 Å². The van der Waals surface area contributed by atoms with Gasteiger partial charge in [0.15, 0.2) is 0 Å². The maximum absolute atomic E-state index is 3.52. The molecule has 2 rings (SSSR count). The lowest BCUT2D eigenvalue weighted by atomic mass is 10.2. The highest BCUT2D eigenvalue weighted by molar-refractivity contribution is 7.09. The Morgan fingerprint density at radius 3 is 2.65 bits per heavy atom. The zero-order valence-electron chi connectivity index (χ0n) is 12.2. The Balaban J connectivity index is 1.50. The lowest BCUT2D eigenvalue weighted by Gasteiger charge is -2.16. The van der Waals surface area contributed by atoms with Crippen molar-refractivity contribution in [3.63, 3.8) is 0 Å². The quantitative estimate of drug-likeness (QED) is 0.711. The highest BCUT2D eigenvalue weighted by Crippen LogP contribution is 2.08. The molecule has 0 bridgehead atoms. The minimum atomic E-state index is 1.04. The van der Waals surface area contributed by atoms with Gasteiger partial charge >= 0.3 is 0 Å². The van der Waals surface area contributed by atoms with E-state index in [1.807, 2.05) is 11.3 Å². The van der Waals surface area contributed by atoms with Gasteiger partial charge in [0.2, 0.25) is 0 Å². The third-order valence-corrected chi connectivity index (χ3v) is 4.25. The van der Waals surface area contributed by atoms with Crippen molar-refractivity contribution in [2.24, 2.45) is 0 Å². The van der Waals surface area contributed by atoms with Crippen LogP contribution in [-0.4, -0.2) is 31.6 Å². The fraction of sp³-hybridized carbons (Fsp3) is 0.412. The number of hydrogen-bond acceptors (Lipinski definition) is 3. The summed E-state index contributed by atoms with van der Waals surface area (Å²) in [4.78, 5) is 3.86. The standard InChI is InChI=1S/C17H24N2S/c1-19(15-16-7-3-2-4-8-16)13-6-11-18-12-10-17-9-5-14-20-17/h2-5,7-9,14,18H,6,10-13,15H2,1H3. The molecule has 2 nitrogen and oxygen atoms in total. The molecule has 0 fully saturated rings. The minimum Gasteiger partial charge on any atom is -0.316 e. The van der Waals surface area contributed by atoms with E-state index in [2.05, 4.69) is 65.1 Å². The molecule has 0 aliphatic rings. The number of hydrogen-bond donors (Lipinski definition) is 1. The first kappa shape index (κ1) is 15.2. The molecule has 0 saturated carbocycles. The Bertz CT molecular complexity index is 453. The van der Waals surface area contributed by atoms with Crippen LogP contribution in [0.25, 0.3) is 0 Å². The van der Waals surface area contributed by atoms with Crippen LogP contribution in [0, 0.1) is 0 Å². The third kappa shape index (κ3) is 5.87. The first-order valence-electron chi connectivity index (χ1n) is 7.30. The summed E-state index contributed by atoms with van der Waals surface area (Å²) in [5.41, 5.74) is 1.39. The molecule has 1 aromatic heterocycles. The molecular formula is C17H24N2S. The highest BCUT2D eigenvalue weighted by atomic mass is 32.1. The Morgan fingerprint density at radius 1 is 1.05 bits per heavy atom. The van der Waals surface area contributed by atoms with Gasteiger partial charge in [-0.1, -0.05) is 36.4 Å². The molecule has 1 N–H and O–H groups in total. The van der Waals surface area contributed by atoms with Gasteiger partial charge in [0.1, 0.15) is 0 Å². The Morgan fingerprint density at radius 2 is 1.90 bits per heavy atom. The molecule has 0 aliphatic heterocycles. The molecule has 0 spiro atoms. The second-order valence-electron chi connectivity index (χ2n) is 5.16. The SMILES string of the molecule is CN(CCCNCCc1cccs1)Cc1ccccc1. The van der Waals surface area contributed by atoms with Gasteiger partial charge in [0.25, 0.3) is 0 Å². The van der Waals surface area contributed by atoms with Crippen molar-refractivity contribution in [2.45, 2.75) is 19.4 Å². The minimum absolute atomic E-state index is 1.04. The van der Waals surface area contributed by atoms with Gasteiger partial charge in [-0.15, -0.1) is 11.3 Å². The number of rotatable bonds is 9. The van der Waals surface area contributed by atoms with Crippen LogP contribution >= 0.6 is 11.3 Å². The Kier molecular flexibility index (Phi) is 6.78. The van der Waals surface area contributed by atoms with E-state index in [0.717, 1.165) is 32.6 Å². The molecule has 1 heterocycles. The Hall–Kier alpha value is -1.16. The molecule has 2 aromatic rings. The normalized spacial score (nSPS) is 11.1. The molecule has 20 heavy (non-hydrogen) atoms. The lowest BCUT2D eigenvalue weighted by Crippen LogP contribution is -2.25. The summed E-state index contributed by atoms with van der Waals surface area (Å²) in [6.07, 6.45) is 2.35. The smallest absolute Gasteiger partial charge is 0.0230 e. The predicted molar refractivity (Wildman–Crippen MR) is 88.3 cm³/mol. The lowest BCUT2D eigenvalue weighted by molar-refractivity contribution is 0.320. The molecule has 0 saturated heterocycles. The fourth-order valence-electron chi connectivity index (χ4n) is 2.24. The van der Waals surface area contributed by atoms with Crippen LogP contribution in [-0.2, 0) is 13.0 Å². The monoisotopic (exact) mass is 288 g/mol. The molecule has 0 unspecified atom stereocenters. The number of nitrogens with zero attached hydrogens (tertiary/aromatic N) is 1. The van der Waals surface area contributed by atoms with E-state index in [-0.39, 0.29) is 0 Å². The highest BCUT2D eigenvalue weighted by Gasteiger charge is 1.99. The zero-order chi connectivity index (χ0) is 14.0.